The molecule has 0 aromatic rings. The van der Waals surface area contributed by atoms with Gasteiger partial charge in [0.1, 0.15) is 12.4 Å². The fourth-order valence-corrected chi connectivity index (χ4v) is 7.81. The van der Waals surface area contributed by atoms with Crippen LogP contribution in [0.2, 0.25) is 0 Å². The van der Waals surface area contributed by atoms with Crippen LogP contribution in [0.4, 0.5) is 0 Å². The Labute approximate surface area is 150 Å². The van der Waals surface area contributed by atoms with Crippen LogP contribution >= 0.6 is 0 Å². The van der Waals surface area contributed by atoms with E-state index in [0.717, 1.165) is 32.1 Å². The molecule has 140 valence electrons. The van der Waals surface area contributed by atoms with Crippen molar-refractivity contribution in [2.75, 3.05) is 6.61 Å². The van der Waals surface area contributed by atoms with Gasteiger partial charge in [-0.1, -0.05) is 13.8 Å². The third-order valence-corrected chi connectivity index (χ3v) is 8.95. The fraction of sp³-hybridized carbons (Fsp3) is 0.905. The molecule has 4 saturated carbocycles. The smallest absolute Gasteiger partial charge is 0.161 e. The summed E-state index contributed by atoms with van der Waals surface area (Å²) in [7, 11) is 0. The van der Waals surface area contributed by atoms with Crippen molar-refractivity contribution in [2.24, 2.45) is 40.4 Å². The van der Waals surface area contributed by atoms with Gasteiger partial charge in [-0.3, -0.25) is 9.59 Å². The average molecular weight is 348 g/mol. The molecule has 4 heteroatoms. The summed E-state index contributed by atoms with van der Waals surface area (Å²) in [6.07, 6.45) is 6.62. The summed E-state index contributed by atoms with van der Waals surface area (Å²) in [4.78, 5) is 24.3. The molecule has 4 nitrogen and oxygen atoms in total. The quantitative estimate of drug-likeness (QED) is 0.805. The summed E-state index contributed by atoms with van der Waals surface area (Å²) in [5.41, 5.74) is -0.106. The number of aliphatic hydroxyl groups is 2. The zero-order valence-corrected chi connectivity index (χ0v) is 15.5. The van der Waals surface area contributed by atoms with Crippen molar-refractivity contribution in [2.45, 2.75) is 71.3 Å². The van der Waals surface area contributed by atoms with E-state index < -0.39 is 0 Å². The van der Waals surface area contributed by atoms with Gasteiger partial charge in [0, 0.05) is 18.8 Å². The highest BCUT2D eigenvalue weighted by Crippen LogP contribution is 2.67. The zero-order valence-electron chi connectivity index (χ0n) is 15.5. The number of rotatable bonds is 2. The van der Waals surface area contributed by atoms with Gasteiger partial charge in [-0.25, -0.2) is 0 Å². The highest BCUT2D eigenvalue weighted by Gasteiger charge is 2.63. The Bertz CT molecular complexity index is 586. The number of carbonyl (C=O) groups excluding carboxylic acids is 2. The van der Waals surface area contributed by atoms with Crippen molar-refractivity contribution in [1.29, 1.82) is 0 Å². The van der Waals surface area contributed by atoms with Crippen molar-refractivity contribution in [1.82, 2.24) is 0 Å². The van der Waals surface area contributed by atoms with E-state index in [2.05, 4.69) is 13.8 Å². The molecule has 0 aromatic carbocycles. The Balaban J connectivity index is 1.66. The van der Waals surface area contributed by atoms with Gasteiger partial charge in [0.05, 0.1) is 6.10 Å². The Morgan fingerprint density at radius 2 is 1.92 bits per heavy atom. The van der Waals surface area contributed by atoms with Gasteiger partial charge < -0.3 is 10.2 Å². The van der Waals surface area contributed by atoms with E-state index in [1.165, 1.54) is 0 Å². The van der Waals surface area contributed by atoms with Gasteiger partial charge in [0.2, 0.25) is 0 Å². The summed E-state index contributed by atoms with van der Waals surface area (Å²) in [6, 6.07) is 0. The lowest BCUT2D eigenvalue weighted by Crippen LogP contribution is -2.59. The second kappa shape index (κ2) is 5.88. The molecule has 4 rings (SSSR count). The first-order chi connectivity index (χ1) is 11.8. The molecule has 4 aliphatic rings. The molecule has 0 spiro atoms. The minimum absolute atomic E-state index is 0.0428. The summed E-state index contributed by atoms with van der Waals surface area (Å²) >= 11 is 0. The van der Waals surface area contributed by atoms with E-state index >= 15 is 0 Å². The molecular formula is C21H32O4. The minimum Gasteiger partial charge on any atom is -0.393 e. The highest BCUT2D eigenvalue weighted by atomic mass is 16.3. The molecule has 0 amide bonds. The predicted molar refractivity (Wildman–Crippen MR) is 93.7 cm³/mol. The molecule has 2 N–H and O–H groups in total. The van der Waals surface area contributed by atoms with Crippen LogP contribution in [0.5, 0.6) is 0 Å². The SMILES string of the molecule is C[C@]12CCC(=O)C[C@@H]1CCC1[C@@H]2[C@@H](O)C[C@]2(C)[C@@H](C(=O)CO)CC[C@@H]12. The topological polar surface area (TPSA) is 74.6 Å². The number of aliphatic hydroxyl groups excluding tert-OH is 2. The Morgan fingerprint density at radius 3 is 2.64 bits per heavy atom. The van der Waals surface area contributed by atoms with Crippen LogP contribution in [0, 0.1) is 40.4 Å². The van der Waals surface area contributed by atoms with Crippen LogP contribution in [-0.2, 0) is 9.59 Å². The Morgan fingerprint density at radius 1 is 1.16 bits per heavy atom. The van der Waals surface area contributed by atoms with Crippen LogP contribution in [0.1, 0.15) is 65.2 Å². The molecule has 0 radical (unpaired) electrons. The lowest BCUT2D eigenvalue weighted by molar-refractivity contribution is -0.174. The van der Waals surface area contributed by atoms with Gasteiger partial charge in [-0.15, -0.1) is 0 Å². The standard InChI is InChI=1S/C21H32O4/c1-20-8-7-13(23)9-12(20)3-4-14-15-5-6-16(18(25)11-22)21(15,2)10-17(24)19(14)20/h12,14-17,19,22,24H,3-11H2,1-2H3/t12-,14?,15-,16+,17-,19+,20-,21-/m0/s1. The molecule has 0 saturated heterocycles. The number of carbonyl (C=O) groups is 2. The summed E-state index contributed by atoms with van der Waals surface area (Å²) < 4.78 is 0. The minimum atomic E-state index is -0.389. The van der Waals surface area contributed by atoms with E-state index in [0.29, 0.717) is 42.8 Å². The third-order valence-electron chi connectivity index (χ3n) is 8.95. The molecule has 0 aromatic heterocycles. The van der Waals surface area contributed by atoms with Crippen molar-refractivity contribution in [3.05, 3.63) is 0 Å². The number of hydrogen-bond acceptors (Lipinski definition) is 4. The van der Waals surface area contributed by atoms with Gasteiger partial charge in [-0.2, -0.15) is 0 Å². The monoisotopic (exact) mass is 348 g/mol. The lowest BCUT2D eigenvalue weighted by atomic mass is 9.44. The normalized spacial score (nSPS) is 52.2. The zero-order chi connectivity index (χ0) is 18.0. The van der Waals surface area contributed by atoms with Crippen molar-refractivity contribution in [3.63, 3.8) is 0 Å². The van der Waals surface area contributed by atoms with Crippen LogP contribution in [0.3, 0.4) is 0 Å². The molecule has 25 heavy (non-hydrogen) atoms. The van der Waals surface area contributed by atoms with Gasteiger partial charge in [0.15, 0.2) is 5.78 Å². The molecular weight excluding hydrogens is 316 g/mol. The van der Waals surface area contributed by atoms with Gasteiger partial charge in [-0.05, 0) is 73.0 Å². The van der Waals surface area contributed by atoms with Crippen molar-refractivity contribution >= 4 is 11.6 Å². The largest absolute Gasteiger partial charge is 0.393 e. The van der Waals surface area contributed by atoms with Crippen LogP contribution in [0.25, 0.3) is 0 Å². The first-order valence-electron chi connectivity index (χ1n) is 10.1. The van der Waals surface area contributed by atoms with E-state index in [1.54, 1.807) is 0 Å². The molecule has 0 bridgehead atoms. The van der Waals surface area contributed by atoms with Crippen molar-refractivity contribution < 1.29 is 19.8 Å². The molecule has 4 aliphatic carbocycles. The lowest BCUT2D eigenvalue weighted by Gasteiger charge is -2.61. The van der Waals surface area contributed by atoms with Crippen LogP contribution < -0.4 is 0 Å². The summed E-state index contributed by atoms with van der Waals surface area (Å²) in [5, 5.41) is 20.6. The van der Waals surface area contributed by atoms with Gasteiger partial charge >= 0.3 is 0 Å². The molecule has 8 atom stereocenters. The fourth-order valence-electron chi connectivity index (χ4n) is 7.81. The molecule has 0 aliphatic heterocycles. The van der Waals surface area contributed by atoms with Gasteiger partial charge in [0.25, 0.3) is 0 Å². The van der Waals surface area contributed by atoms with E-state index in [-0.39, 0.29) is 41.2 Å². The maximum Gasteiger partial charge on any atom is 0.161 e. The van der Waals surface area contributed by atoms with Crippen molar-refractivity contribution in [3.8, 4) is 0 Å². The number of fused-ring (bicyclic) bond motifs is 5. The van der Waals surface area contributed by atoms with E-state index in [1.807, 2.05) is 0 Å². The van der Waals surface area contributed by atoms with E-state index in [4.69, 9.17) is 0 Å². The van der Waals surface area contributed by atoms with E-state index in [9.17, 15) is 19.8 Å². The number of ketones is 2. The molecule has 4 fully saturated rings. The van der Waals surface area contributed by atoms with Crippen LogP contribution in [0.15, 0.2) is 0 Å². The first kappa shape index (κ1) is 17.7. The Hall–Kier alpha value is -0.740. The first-order valence-corrected chi connectivity index (χ1v) is 10.1. The maximum absolute atomic E-state index is 12.3. The number of Topliss-reactive ketones (excluding diaryl/α,β-unsaturated/α-hetero) is 2. The summed E-state index contributed by atoms with van der Waals surface area (Å²) in [6.45, 7) is 4.12. The average Bonchev–Trinajstić information content (AvgIpc) is 2.91. The second-order valence-electron chi connectivity index (χ2n) is 9.85. The summed E-state index contributed by atoms with van der Waals surface area (Å²) in [5.74, 6) is 1.86. The molecule has 0 heterocycles. The number of hydrogen-bond donors (Lipinski definition) is 2. The maximum atomic E-state index is 12.3. The van der Waals surface area contributed by atoms with Crippen LogP contribution in [-0.4, -0.2) is 34.5 Å². The second-order valence-corrected chi connectivity index (χ2v) is 9.85. The predicted octanol–water partition coefficient (Wildman–Crippen LogP) is 2.75. The Kier molecular flexibility index (Phi) is 4.16. The molecule has 1 unspecified atom stereocenters. The highest BCUT2D eigenvalue weighted by molar-refractivity contribution is 5.83. The third kappa shape index (κ3) is 2.39.